The van der Waals surface area contributed by atoms with Crippen molar-refractivity contribution in [3.05, 3.63) is 35.2 Å². The molecule has 1 aromatic rings. The summed E-state index contributed by atoms with van der Waals surface area (Å²) in [7, 11) is 0. The average Bonchev–Trinajstić information content (AvgIpc) is 2.83. The molecule has 1 heterocycles. The van der Waals surface area contributed by atoms with Crippen LogP contribution in [0.2, 0.25) is 0 Å². The summed E-state index contributed by atoms with van der Waals surface area (Å²) in [4.78, 5) is 39.1. The number of hydrogen-bond donors (Lipinski definition) is 0. The Morgan fingerprint density at radius 3 is 2.31 bits per heavy atom. The average molecular weight is 362 g/mol. The highest BCUT2D eigenvalue weighted by Crippen LogP contribution is 2.24. The first-order valence-electron chi connectivity index (χ1n) is 9.00. The van der Waals surface area contributed by atoms with E-state index in [9.17, 15) is 14.4 Å². The van der Waals surface area contributed by atoms with Crippen LogP contribution in [0.5, 0.6) is 0 Å². The van der Waals surface area contributed by atoms with Gasteiger partial charge in [0.2, 0.25) is 5.91 Å². The molecule has 0 aliphatic heterocycles. The van der Waals surface area contributed by atoms with Gasteiger partial charge in [-0.25, -0.2) is 4.79 Å². The molecule has 0 saturated carbocycles. The van der Waals surface area contributed by atoms with Gasteiger partial charge < -0.3 is 14.2 Å². The Balaban J connectivity index is 3.29. The Labute approximate surface area is 155 Å². The maximum atomic E-state index is 13.0. The number of esters is 1. The van der Waals surface area contributed by atoms with Crippen molar-refractivity contribution < 1.29 is 19.1 Å². The van der Waals surface area contributed by atoms with Crippen LogP contribution >= 0.6 is 0 Å². The number of aromatic nitrogens is 1. The Hall–Kier alpha value is -2.37. The molecule has 0 bridgehead atoms. The third-order valence-corrected chi connectivity index (χ3v) is 4.32. The van der Waals surface area contributed by atoms with Gasteiger partial charge in [-0.1, -0.05) is 19.9 Å². The maximum Gasteiger partial charge on any atom is 0.355 e. The fourth-order valence-electron chi connectivity index (χ4n) is 3.17. The van der Waals surface area contributed by atoms with E-state index in [4.69, 9.17) is 4.74 Å². The van der Waals surface area contributed by atoms with Crippen LogP contribution in [0.15, 0.2) is 12.7 Å². The number of nitrogens with zero attached hydrogens (tertiary/aromatic N) is 2. The zero-order chi connectivity index (χ0) is 20.0. The number of amides is 1. The molecule has 26 heavy (non-hydrogen) atoms. The largest absolute Gasteiger partial charge is 0.461 e. The minimum absolute atomic E-state index is 0.0410. The molecule has 6 heteroatoms. The molecule has 0 spiro atoms. The smallest absolute Gasteiger partial charge is 0.355 e. The van der Waals surface area contributed by atoms with Gasteiger partial charge in [-0.15, -0.1) is 6.58 Å². The lowest BCUT2D eigenvalue weighted by molar-refractivity contribution is -0.133. The molecule has 6 nitrogen and oxygen atoms in total. The lowest BCUT2D eigenvalue weighted by Gasteiger charge is -2.22. The number of ketones is 1. The minimum Gasteiger partial charge on any atom is -0.461 e. The second kappa shape index (κ2) is 9.36. The monoisotopic (exact) mass is 362 g/mol. The first-order chi connectivity index (χ1) is 12.2. The molecule has 0 saturated heterocycles. The summed E-state index contributed by atoms with van der Waals surface area (Å²) in [6, 6.07) is 0. The molecule has 0 aliphatic rings. The summed E-state index contributed by atoms with van der Waals surface area (Å²) >= 11 is 0. The molecular formula is C20H30N2O4. The highest BCUT2D eigenvalue weighted by Gasteiger charge is 2.28. The zero-order valence-corrected chi connectivity index (χ0v) is 16.7. The van der Waals surface area contributed by atoms with Crippen molar-refractivity contribution in [1.82, 2.24) is 9.47 Å². The van der Waals surface area contributed by atoms with Crippen molar-refractivity contribution in [2.45, 2.75) is 48.1 Å². The fourth-order valence-corrected chi connectivity index (χ4v) is 3.17. The molecule has 1 aromatic heterocycles. The molecule has 0 aromatic carbocycles. The van der Waals surface area contributed by atoms with Gasteiger partial charge in [-0.3, -0.25) is 9.59 Å². The number of carbonyl (C=O) groups is 3. The number of carbonyl (C=O) groups excluding carboxylic acids is 3. The topological polar surface area (TPSA) is 68.6 Å². The summed E-state index contributed by atoms with van der Waals surface area (Å²) in [5, 5.41) is 0. The van der Waals surface area contributed by atoms with Crippen LogP contribution in [0.1, 0.15) is 59.8 Å². The first-order valence-corrected chi connectivity index (χ1v) is 9.00. The molecule has 144 valence electrons. The second-order valence-corrected chi connectivity index (χ2v) is 6.48. The van der Waals surface area contributed by atoms with Crippen LogP contribution in [0, 0.1) is 19.8 Å². The highest BCUT2D eigenvalue weighted by molar-refractivity contribution is 6.04. The molecule has 0 N–H and O–H groups in total. The van der Waals surface area contributed by atoms with E-state index in [1.165, 1.54) is 4.90 Å². The molecule has 0 atom stereocenters. The van der Waals surface area contributed by atoms with Crippen LogP contribution < -0.4 is 0 Å². The lowest BCUT2D eigenvalue weighted by atomic mass is 10.0. The van der Waals surface area contributed by atoms with Crippen molar-refractivity contribution >= 4 is 17.7 Å². The summed E-state index contributed by atoms with van der Waals surface area (Å²) in [5.41, 5.74) is 2.21. The SMILES string of the molecule is C=CCN(CC(=O)c1c(C)c(C(=O)OCC)n(CC)c1C)C(=O)C(C)C. The van der Waals surface area contributed by atoms with E-state index in [1.807, 2.05) is 13.8 Å². The van der Waals surface area contributed by atoms with Gasteiger partial charge in [0.05, 0.1) is 13.2 Å². The molecule has 0 aliphatic carbocycles. The third-order valence-electron chi connectivity index (χ3n) is 4.32. The van der Waals surface area contributed by atoms with Crippen molar-refractivity contribution in [2.75, 3.05) is 19.7 Å². The van der Waals surface area contributed by atoms with Gasteiger partial charge in [0, 0.05) is 30.3 Å². The Kier molecular flexibility index (Phi) is 7.80. The Morgan fingerprint density at radius 2 is 1.85 bits per heavy atom. The van der Waals surface area contributed by atoms with Gasteiger partial charge in [0.15, 0.2) is 5.78 Å². The molecule has 1 rings (SSSR count). The molecular weight excluding hydrogens is 332 g/mol. The lowest BCUT2D eigenvalue weighted by Crippen LogP contribution is -2.38. The van der Waals surface area contributed by atoms with Gasteiger partial charge in [-0.05, 0) is 33.3 Å². The van der Waals surface area contributed by atoms with E-state index in [-0.39, 0.29) is 30.8 Å². The molecule has 1 amide bonds. The summed E-state index contributed by atoms with van der Waals surface area (Å²) in [6.45, 7) is 15.6. The van der Waals surface area contributed by atoms with E-state index >= 15 is 0 Å². The van der Waals surface area contributed by atoms with Crippen LogP contribution in [0.4, 0.5) is 0 Å². The van der Waals surface area contributed by atoms with Gasteiger partial charge >= 0.3 is 5.97 Å². The van der Waals surface area contributed by atoms with Crippen molar-refractivity contribution in [3.8, 4) is 0 Å². The molecule has 0 unspecified atom stereocenters. The third kappa shape index (κ3) is 4.42. The van der Waals surface area contributed by atoms with Crippen LogP contribution in [-0.4, -0.2) is 46.8 Å². The standard InChI is InChI=1S/C20H30N2O4/c1-8-11-21(19(24)13(4)5)12-16(23)17-14(6)18(20(25)26-10-3)22(9-2)15(17)7/h8,13H,1,9-12H2,2-7H3. The number of ether oxygens (including phenoxy) is 1. The van der Waals surface area contributed by atoms with Gasteiger partial charge in [0.1, 0.15) is 5.69 Å². The normalized spacial score (nSPS) is 10.7. The summed E-state index contributed by atoms with van der Waals surface area (Å²) < 4.78 is 6.93. The highest BCUT2D eigenvalue weighted by atomic mass is 16.5. The van der Waals surface area contributed by atoms with Crippen molar-refractivity contribution in [1.29, 1.82) is 0 Å². The quantitative estimate of drug-likeness (QED) is 0.384. The van der Waals surface area contributed by atoms with E-state index in [0.717, 1.165) is 0 Å². The summed E-state index contributed by atoms with van der Waals surface area (Å²) in [6.07, 6.45) is 1.61. The van der Waals surface area contributed by atoms with E-state index in [1.54, 1.807) is 38.3 Å². The predicted octanol–water partition coefficient (Wildman–Crippen LogP) is 3.15. The van der Waals surface area contributed by atoms with E-state index < -0.39 is 5.97 Å². The molecule has 0 radical (unpaired) electrons. The number of hydrogen-bond acceptors (Lipinski definition) is 4. The Morgan fingerprint density at radius 1 is 1.23 bits per heavy atom. The molecule has 0 fully saturated rings. The van der Waals surface area contributed by atoms with Crippen LogP contribution in [0.25, 0.3) is 0 Å². The van der Waals surface area contributed by atoms with E-state index in [0.29, 0.717) is 35.6 Å². The summed E-state index contributed by atoms with van der Waals surface area (Å²) in [5.74, 6) is -0.932. The van der Waals surface area contributed by atoms with Gasteiger partial charge in [-0.2, -0.15) is 0 Å². The zero-order valence-electron chi connectivity index (χ0n) is 16.7. The number of Topliss-reactive ketones (excluding diaryl/α,β-unsaturated/α-hetero) is 1. The van der Waals surface area contributed by atoms with E-state index in [2.05, 4.69) is 6.58 Å². The van der Waals surface area contributed by atoms with Crippen LogP contribution in [-0.2, 0) is 16.1 Å². The predicted molar refractivity (Wildman–Crippen MR) is 101 cm³/mol. The Bertz CT molecular complexity index is 701. The van der Waals surface area contributed by atoms with Gasteiger partial charge in [0.25, 0.3) is 0 Å². The van der Waals surface area contributed by atoms with Crippen LogP contribution in [0.3, 0.4) is 0 Å². The fraction of sp³-hybridized carbons (Fsp3) is 0.550. The number of rotatable bonds is 9. The minimum atomic E-state index is -0.435. The van der Waals surface area contributed by atoms with Crippen molar-refractivity contribution in [2.24, 2.45) is 5.92 Å². The van der Waals surface area contributed by atoms with Crippen molar-refractivity contribution in [3.63, 3.8) is 0 Å². The maximum absolute atomic E-state index is 13.0. The first kappa shape index (κ1) is 21.7. The second-order valence-electron chi connectivity index (χ2n) is 6.48.